The number of piperidine rings is 1. The first-order valence-corrected chi connectivity index (χ1v) is 18.7. The van der Waals surface area contributed by atoms with Crippen molar-refractivity contribution in [3.63, 3.8) is 0 Å². The number of ether oxygens (including phenoxy) is 1. The number of anilines is 6. The van der Waals surface area contributed by atoms with Crippen LogP contribution in [0.4, 0.5) is 38.9 Å². The monoisotopic (exact) mass is 716 g/mol. The van der Waals surface area contributed by atoms with Crippen molar-refractivity contribution in [2.24, 2.45) is 5.92 Å². The fourth-order valence-corrected chi connectivity index (χ4v) is 6.71. The third kappa shape index (κ3) is 10.2. The van der Waals surface area contributed by atoms with Gasteiger partial charge in [0.15, 0.2) is 5.82 Å². The smallest absolute Gasteiger partial charge is 0.320 e. The second-order valence-electron chi connectivity index (χ2n) is 13.6. The van der Waals surface area contributed by atoms with Gasteiger partial charge in [-0.3, -0.25) is 14.0 Å². The zero-order valence-electron chi connectivity index (χ0n) is 28.7. The molecule has 0 bridgehead atoms. The van der Waals surface area contributed by atoms with Gasteiger partial charge in [0.1, 0.15) is 16.4 Å². The first-order valence-electron chi connectivity index (χ1n) is 16.5. The quantitative estimate of drug-likeness (QED) is 0.251. The van der Waals surface area contributed by atoms with E-state index in [2.05, 4.69) is 35.3 Å². The predicted octanol–water partition coefficient (Wildman–Crippen LogP) is 5.33. The summed E-state index contributed by atoms with van der Waals surface area (Å²) in [6, 6.07) is 11.9. The van der Waals surface area contributed by atoms with Crippen molar-refractivity contribution in [1.82, 2.24) is 19.8 Å². The van der Waals surface area contributed by atoms with Crippen LogP contribution in [0, 0.1) is 11.7 Å². The number of nitrogens with one attached hydrogen (secondary N) is 2. The maximum atomic E-state index is 15.4. The van der Waals surface area contributed by atoms with E-state index in [1.165, 1.54) is 19.3 Å². The summed E-state index contributed by atoms with van der Waals surface area (Å²) in [5.74, 6) is 0.483. The van der Waals surface area contributed by atoms with Crippen LogP contribution < -0.4 is 19.8 Å². The summed E-state index contributed by atoms with van der Waals surface area (Å²) >= 11 is 6.37. The molecule has 0 saturated carbocycles. The second-order valence-corrected chi connectivity index (χ2v) is 16.1. The molecule has 0 aliphatic carbocycles. The highest BCUT2D eigenvalue weighted by atomic mass is 35.5. The van der Waals surface area contributed by atoms with Gasteiger partial charge in [0.05, 0.1) is 36.1 Å². The fourth-order valence-electron chi connectivity index (χ4n) is 6.05. The Kier molecular flexibility index (Phi) is 11.5. The molecule has 0 amide bonds. The number of carbonyl (C=O) groups is 1. The highest BCUT2D eigenvalue weighted by molar-refractivity contribution is 7.92. The molecule has 2 fully saturated rings. The van der Waals surface area contributed by atoms with Crippen LogP contribution in [0.5, 0.6) is 0 Å². The average Bonchev–Trinajstić information content (AvgIpc) is 3.03. The molecule has 3 heterocycles. The number of hydrogen-bond donors (Lipinski definition) is 2. The van der Waals surface area contributed by atoms with Gasteiger partial charge in [-0.15, -0.1) is 0 Å². The second kappa shape index (κ2) is 15.4. The van der Waals surface area contributed by atoms with E-state index in [1.54, 1.807) is 36.4 Å². The summed E-state index contributed by atoms with van der Waals surface area (Å²) in [7, 11) is -2.04. The molecule has 0 radical (unpaired) electrons. The largest absolute Gasteiger partial charge is 0.459 e. The normalized spacial score (nSPS) is 16.8. The van der Waals surface area contributed by atoms with Gasteiger partial charge in [0.2, 0.25) is 16.0 Å². The zero-order chi connectivity index (χ0) is 35.3. The number of sulfonamides is 1. The molecule has 15 heteroatoms. The van der Waals surface area contributed by atoms with E-state index in [0.29, 0.717) is 35.2 Å². The van der Waals surface area contributed by atoms with Gasteiger partial charge in [-0.25, -0.2) is 17.8 Å². The molecule has 2 saturated heterocycles. The fraction of sp³-hybridized carbons (Fsp3) is 0.500. The van der Waals surface area contributed by atoms with Crippen LogP contribution in [0.1, 0.15) is 33.6 Å². The minimum absolute atomic E-state index is 0.176. The number of esters is 1. The molecule has 5 rings (SSSR count). The van der Waals surface area contributed by atoms with Gasteiger partial charge in [0, 0.05) is 58.5 Å². The van der Waals surface area contributed by atoms with Crippen molar-refractivity contribution in [2.75, 3.05) is 85.5 Å². The number of para-hydroxylation sites is 2. The van der Waals surface area contributed by atoms with Gasteiger partial charge in [-0.1, -0.05) is 23.7 Å². The Morgan fingerprint density at radius 2 is 1.71 bits per heavy atom. The Labute approximate surface area is 293 Å². The lowest BCUT2D eigenvalue weighted by atomic mass is 9.95. The minimum atomic E-state index is -3.50. The lowest BCUT2D eigenvalue weighted by molar-refractivity contribution is -0.156. The molecule has 0 atom stereocenters. The molecular weight excluding hydrogens is 671 g/mol. The van der Waals surface area contributed by atoms with E-state index < -0.39 is 15.6 Å². The number of halogens is 2. The summed E-state index contributed by atoms with van der Waals surface area (Å²) in [4.78, 5) is 27.6. The number of rotatable bonds is 11. The molecule has 49 heavy (non-hydrogen) atoms. The number of carbonyl (C=O) groups excluding carboxylic acids is 1. The molecule has 266 valence electrons. The van der Waals surface area contributed by atoms with Crippen LogP contribution in [-0.4, -0.2) is 105 Å². The molecule has 2 N–H and O–H groups in total. The van der Waals surface area contributed by atoms with E-state index >= 15 is 4.39 Å². The minimum Gasteiger partial charge on any atom is -0.459 e. The van der Waals surface area contributed by atoms with Crippen LogP contribution in [0.2, 0.25) is 5.02 Å². The number of hydrogen-bond acceptors (Lipinski definition) is 11. The summed E-state index contributed by atoms with van der Waals surface area (Å²) in [6.45, 7) is 12.1. The van der Waals surface area contributed by atoms with E-state index in [-0.39, 0.29) is 28.6 Å². The SMILES string of the molecule is CN(c1ccccc1Nc1nc(Nc2ccc(N3CCC(CN4CCN(CC(=O)OC(C)(C)C)CC4)CC3)c(F)c2)ncc1Cl)S(C)(=O)=O. The maximum absolute atomic E-state index is 15.4. The van der Waals surface area contributed by atoms with Gasteiger partial charge < -0.3 is 25.2 Å². The lowest BCUT2D eigenvalue weighted by Gasteiger charge is -2.39. The standard InChI is InChI=1S/C34H46ClFN8O4S/c1-34(2,3)48-31(45)23-43-18-16-42(17-19-43)22-24-12-14-44(15-13-24)29-11-10-25(20-27(29)36)38-33-37-21-26(35)32(40-33)39-28-8-6-7-9-30(28)41(4)49(5,46)47/h6-11,20-21,24H,12-19,22-23H2,1-5H3,(H2,37,38,39,40). The summed E-state index contributed by atoms with van der Waals surface area (Å²) in [6.07, 6.45) is 4.50. The molecule has 3 aromatic rings. The van der Waals surface area contributed by atoms with Crippen LogP contribution in [0.15, 0.2) is 48.7 Å². The van der Waals surface area contributed by atoms with E-state index in [4.69, 9.17) is 16.3 Å². The van der Waals surface area contributed by atoms with E-state index in [9.17, 15) is 13.2 Å². The first-order chi connectivity index (χ1) is 23.1. The summed E-state index contributed by atoms with van der Waals surface area (Å²) in [5, 5.41) is 6.37. The maximum Gasteiger partial charge on any atom is 0.320 e. The van der Waals surface area contributed by atoms with Gasteiger partial charge in [0.25, 0.3) is 0 Å². The Morgan fingerprint density at radius 1 is 1.04 bits per heavy atom. The van der Waals surface area contributed by atoms with Gasteiger partial charge >= 0.3 is 5.97 Å². The molecule has 12 nitrogen and oxygen atoms in total. The van der Waals surface area contributed by atoms with Crippen molar-refractivity contribution in [3.8, 4) is 0 Å². The Morgan fingerprint density at radius 3 is 2.37 bits per heavy atom. The van der Waals surface area contributed by atoms with Crippen molar-refractivity contribution in [2.45, 2.75) is 39.2 Å². The third-order valence-corrected chi connectivity index (χ3v) is 10.1. The van der Waals surface area contributed by atoms with Crippen LogP contribution in [-0.2, 0) is 19.6 Å². The van der Waals surface area contributed by atoms with Crippen molar-refractivity contribution < 1.29 is 22.3 Å². The molecular formula is C34H46ClFN8O4S. The molecule has 2 aliphatic heterocycles. The molecule has 1 aromatic heterocycles. The first kappa shape index (κ1) is 36.6. The lowest BCUT2D eigenvalue weighted by Crippen LogP contribution is -2.50. The number of aromatic nitrogens is 2. The highest BCUT2D eigenvalue weighted by Crippen LogP contribution is 2.33. The molecule has 0 unspecified atom stereocenters. The van der Waals surface area contributed by atoms with Crippen LogP contribution in [0.25, 0.3) is 0 Å². The average molecular weight is 717 g/mol. The van der Waals surface area contributed by atoms with Crippen molar-refractivity contribution >= 4 is 62.1 Å². The summed E-state index contributed by atoms with van der Waals surface area (Å²) < 4.78 is 46.3. The Balaban J connectivity index is 1.13. The van der Waals surface area contributed by atoms with Gasteiger partial charge in [-0.05, 0) is 69.9 Å². The summed E-state index contributed by atoms with van der Waals surface area (Å²) in [5.41, 5.74) is 1.48. The van der Waals surface area contributed by atoms with Crippen molar-refractivity contribution in [1.29, 1.82) is 0 Å². The Hall–Kier alpha value is -3.72. The number of piperazine rings is 1. The van der Waals surface area contributed by atoms with E-state index in [1.807, 2.05) is 20.8 Å². The van der Waals surface area contributed by atoms with E-state index in [0.717, 1.165) is 69.2 Å². The zero-order valence-corrected chi connectivity index (χ0v) is 30.3. The molecule has 2 aromatic carbocycles. The number of benzene rings is 2. The Bertz CT molecular complexity index is 1730. The van der Waals surface area contributed by atoms with Crippen LogP contribution in [0.3, 0.4) is 0 Å². The van der Waals surface area contributed by atoms with Crippen molar-refractivity contribution in [3.05, 3.63) is 59.5 Å². The van der Waals surface area contributed by atoms with Crippen LogP contribution >= 0.6 is 11.6 Å². The topological polar surface area (TPSA) is 123 Å². The molecule has 2 aliphatic rings. The highest BCUT2D eigenvalue weighted by Gasteiger charge is 2.27. The van der Waals surface area contributed by atoms with Gasteiger partial charge in [-0.2, -0.15) is 4.98 Å². The third-order valence-electron chi connectivity index (χ3n) is 8.65. The predicted molar refractivity (Wildman–Crippen MR) is 193 cm³/mol. The molecule has 0 spiro atoms. The number of nitrogens with zero attached hydrogens (tertiary/aromatic N) is 6.